The molecule has 0 radical (unpaired) electrons. The summed E-state index contributed by atoms with van der Waals surface area (Å²) in [5, 5.41) is 0. The summed E-state index contributed by atoms with van der Waals surface area (Å²) < 4.78 is 4.81. The predicted octanol–water partition coefficient (Wildman–Crippen LogP) is 1.72. The second-order valence-electron chi connectivity index (χ2n) is 7.33. The van der Waals surface area contributed by atoms with Gasteiger partial charge in [-0.3, -0.25) is 9.59 Å². The standard InChI is InChI=1S/C19H28N4O3/c1-13-12-14(2)21-19(20-13)23-10-4-15(5-11-23)17(24)22-8-6-16(7-9-22)18(25)26-3/h12,15-16H,4-11H2,1-3H3. The number of esters is 1. The first kappa shape index (κ1) is 18.6. The van der Waals surface area contributed by atoms with Gasteiger partial charge in [0, 0.05) is 43.5 Å². The van der Waals surface area contributed by atoms with Crippen LogP contribution >= 0.6 is 0 Å². The van der Waals surface area contributed by atoms with Gasteiger partial charge in [-0.1, -0.05) is 0 Å². The van der Waals surface area contributed by atoms with Crippen molar-refractivity contribution >= 4 is 17.8 Å². The molecule has 0 unspecified atom stereocenters. The molecule has 0 atom stereocenters. The Balaban J connectivity index is 1.52. The van der Waals surface area contributed by atoms with Gasteiger partial charge in [0.25, 0.3) is 0 Å². The van der Waals surface area contributed by atoms with E-state index in [0.717, 1.165) is 43.3 Å². The van der Waals surface area contributed by atoms with Crippen molar-refractivity contribution in [1.29, 1.82) is 0 Å². The molecule has 1 amide bonds. The fraction of sp³-hybridized carbons (Fsp3) is 0.684. The number of aryl methyl sites for hydroxylation is 2. The Hall–Kier alpha value is -2.18. The van der Waals surface area contributed by atoms with Gasteiger partial charge in [-0.15, -0.1) is 0 Å². The molecule has 0 aromatic carbocycles. The molecule has 3 rings (SSSR count). The van der Waals surface area contributed by atoms with E-state index in [4.69, 9.17) is 4.74 Å². The van der Waals surface area contributed by atoms with Crippen LogP contribution in [-0.4, -0.2) is 60.0 Å². The van der Waals surface area contributed by atoms with Crippen molar-refractivity contribution in [2.24, 2.45) is 11.8 Å². The number of anilines is 1. The van der Waals surface area contributed by atoms with Crippen molar-refractivity contribution in [3.05, 3.63) is 17.5 Å². The van der Waals surface area contributed by atoms with Crippen LogP contribution in [-0.2, 0) is 14.3 Å². The van der Waals surface area contributed by atoms with Crippen LogP contribution in [0, 0.1) is 25.7 Å². The molecule has 3 heterocycles. The topological polar surface area (TPSA) is 75.6 Å². The molecule has 0 aliphatic carbocycles. The zero-order valence-electron chi connectivity index (χ0n) is 15.9. The third-order valence-corrected chi connectivity index (χ3v) is 5.44. The van der Waals surface area contributed by atoms with Gasteiger partial charge in [-0.25, -0.2) is 9.97 Å². The molecular weight excluding hydrogens is 332 g/mol. The molecule has 1 aromatic rings. The van der Waals surface area contributed by atoms with Crippen LogP contribution in [0.1, 0.15) is 37.1 Å². The molecule has 2 saturated heterocycles. The highest BCUT2D eigenvalue weighted by molar-refractivity contribution is 5.80. The average molecular weight is 360 g/mol. The summed E-state index contributed by atoms with van der Waals surface area (Å²) in [7, 11) is 1.42. The van der Waals surface area contributed by atoms with Crippen LogP contribution < -0.4 is 4.90 Å². The molecule has 0 spiro atoms. The number of methoxy groups -OCH3 is 1. The Morgan fingerprint density at radius 3 is 2.04 bits per heavy atom. The second kappa shape index (κ2) is 8.01. The summed E-state index contributed by atoms with van der Waals surface area (Å²) in [4.78, 5) is 37.6. The summed E-state index contributed by atoms with van der Waals surface area (Å²) >= 11 is 0. The third kappa shape index (κ3) is 4.14. The number of amides is 1. The highest BCUT2D eigenvalue weighted by Crippen LogP contribution is 2.26. The number of hydrogen-bond acceptors (Lipinski definition) is 6. The van der Waals surface area contributed by atoms with Crippen LogP contribution in [0.3, 0.4) is 0 Å². The minimum atomic E-state index is -0.154. The van der Waals surface area contributed by atoms with E-state index in [2.05, 4.69) is 14.9 Å². The fourth-order valence-corrected chi connectivity index (χ4v) is 3.94. The van der Waals surface area contributed by atoms with E-state index < -0.39 is 0 Å². The Bertz CT molecular complexity index is 642. The summed E-state index contributed by atoms with van der Waals surface area (Å²) in [6.07, 6.45) is 3.06. The number of likely N-dealkylation sites (tertiary alicyclic amines) is 1. The van der Waals surface area contributed by atoms with Gasteiger partial charge >= 0.3 is 5.97 Å². The van der Waals surface area contributed by atoms with Crippen LogP contribution in [0.5, 0.6) is 0 Å². The summed E-state index contributed by atoms with van der Waals surface area (Å²) in [6.45, 7) is 6.87. The third-order valence-electron chi connectivity index (χ3n) is 5.44. The number of carbonyl (C=O) groups is 2. The molecule has 2 aliphatic heterocycles. The molecule has 0 bridgehead atoms. The Labute approximate surface area is 154 Å². The maximum atomic E-state index is 12.8. The maximum absolute atomic E-state index is 12.8. The van der Waals surface area contributed by atoms with E-state index in [1.54, 1.807) is 0 Å². The molecule has 26 heavy (non-hydrogen) atoms. The van der Waals surface area contributed by atoms with Crippen molar-refractivity contribution in [1.82, 2.24) is 14.9 Å². The molecule has 142 valence electrons. The van der Waals surface area contributed by atoms with E-state index in [0.29, 0.717) is 25.9 Å². The lowest BCUT2D eigenvalue weighted by atomic mass is 9.92. The summed E-state index contributed by atoms with van der Waals surface area (Å²) in [6, 6.07) is 1.97. The van der Waals surface area contributed by atoms with Gasteiger partial charge in [-0.05, 0) is 45.6 Å². The number of ether oxygens (including phenoxy) is 1. The monoisotopic (exact) mass is 360 g/mol. The minimum absolute atomic E-state index is 0.0619. The number of nitrogens with zero attached hydrogens (tertiary/aromatic N) is 4. The lowest BCUT2D eigenvalue weighted by Crippen LogP contribution is -2.46. The van der Waals surface area contributed by atoms with Gasteiger partial charge < -0.3 is 14.5 Å². The highest BCUT2D eigenvalue weighted by Gasteiger charge is 2.33. The van der Waals surface area contributed by atoms with E-state index >= 15 is 0 Å². The molecule has 7 nitrogen and oxygen atoms in total. The van der Waals surface area contributed by atoms with Crippen LogP contribution in [0.2, 0.25) is 0 Å². The van der Waals surface area contributed by atoms with Crippen molar-refractivity contribution in [3.63, 3.8) is 0 Å². The Kier molecular flexibility index (Phi) is 5.74. The van der Waals surface area contributed by atoms with Crippen LogP contribution in [0.15, 0.2) is 6.07 Å². The van der Waals surface area contributed by atoms with Crippen molar-refractivity contribution in [3.8, 4) is 0 Å². The summed E-state index contributed by atoms with van der Waals surface area (Å²) in [5.41, 5.74) is 1.94. The first-order valence-electron chi connectivity index (χ1n) is 9.41. The normalized spacial score (nSPS) is 19.5. The van der Waals surface area contributed by atoms with E-state index in [1.165, 1.54) is 7.11 Å². The summed E-state index contributed by atoms with van der Waals surface area (Å²) in [5.74, 6) is 0.847. The smallest absolute Gasteiger partial charge is 0.308 e. The van der Waals surface area contributed by atoms with Gasteiger partial charge in [0.2, 0.25) is 11.9 Å². The van der Waals surface area contributed by atoms with Gasteiger partial charge in [0.15, 0.2) is 0 Å². The molecule has 7 heteroatoms. The quantitative estimate of drug-likeness (QED) is 0.764. The molecule has 0 saturated carbocycles. The van der Waals surface area contributed by atoms with Gasteiger partial charge in [-0.2, -0.15) is 0 Å². The van der Waals surface area contributed by atoms with Crippen molar-refractivity contribution < 1.29 is 14.3 Å². The highest BCUT2D eigenvalue weighted by atomic mass is 16.5. The van der Waals surface area contributed by atoms with Crippen molar-refractivity contribution in [2.45, 2.75) is 39.5 Å². The van der Waals surface area contributed by atoms with Crippen LogP contribution in [0.25, 0.3) is 0 Å². The predicted molar refractivity (Wildman–Crippen MR) is 97.8 cm³/mol. The zero-order valence-corrected chi connectivity index (χ0v) is 15.9. The second-order valence-corrected chi connectivity index (χ2v) is 7.33. The fourth-order valence-electron chi connectivity index (χ4n) is 3.94. The lowest BCUT2D eigenvalue weighted by molar-refractivity contribution is -0.149. The van der Waals surface area contributed by atoms with Crippen LogP contribution in [0.4, 0.5) is 5.95 Å². The minimum Gasteiger partial charge on any atom is -0.469 e. The molecule has 0 N–H and O–H groups in total. The molecule has 1 aromatic heterocycles. The first-order chi connectivity index (χ1) is 12.5. The SMILES string of the molecule is COC(=O)C1CCN(C(=O)C2CCN(c3nc(C)cc(C)n3)CC2)CC1. The van der Waals surface area contributed by atoms with Gasteiger partial charge in [0.1, 0.15) is 0 Å². The van der Waals surface area contributed by atoms with Crippen molar-refractivity contribution in [2.75, 3.05) is 38.2 Å². The Morgan fingerprint density at radius 1 is 0.962 bits per heavy atom. The number of rotatable bonds is 3. The molecule has 2 aliphatic rings. The largest absolute Gasteiger partial charge is 0.469 e. The maximum Gasteiger partial charge on any atom is 0.308 e. The van der Waals surface area contributed by atoms with E-state index in [-0.39, 0.29) is 23.7 Å². The number of piperidine rings is 2. The number of hydrogen-bond donors (Lipinski definition) is 0. The Morgan fingerprint density at radius 2 is 1.50 bits per heavy atom. The van der Waals surface area contributed by atoms with E-state index in [1.807, 2.05) is 24.8 Å². The van der Waals surface area contributed by atoms with Gasteiger partial charge in [0.05, 0.1) is 13.0 Å². The lowest BCUT2D eigenvalue weighted by Gasteiger charge is -2.36. The zero-order chi connectivity index (χ0) is 18.7. The average Bonchev–Trinajstić information content (AvgIpc) is 2.66. The molecule has 2 fully saturated rings. The first-order valence-corrected chi connectivity index (χ1v) is 9.41. The number of aromatic nitrogens is 2. The number of carbonyl (C=O) groups excluding carboxylic acids is 2. The molecular formula is C19H28N4O3. The van der Waals surface area contributed by atoms with E-state index in [9.17, 15) is 9.59 Å².